The number of nitrogens with one attached hydrogen (secondary N) is 2. The number of nitrogens with zero attached hydrogens (tertiary/aromatic N) is 2. The van der Waals surface area contributed by atoms with Crippen LogP contribution in [0.2, 0.25) is 0 Å². The van der Waals surface area contributed by atoms with Crippen LogP contribution in [0.1, 0.15) is 28.8 Å². The fourth-order valence-electron chi connectivity index (χ4n) is 4.40. The molecular weight excluding hydrogens is 481 g/mol. The van der Waals surface area contributed by atoms with E-state index in [1.54, 1.807) is 0 Å². The third-order valence-electron chi connectivity index (χ3n) is 6.19. The molecule has 0 saturated carbocycles. The highest BCUT2D eigenvalue weighted by Gasteiger charge is 2.46. The average Bonchev–Trinajstić information content (AvgIpc) is 3.08. The molecule has 1 aliphatic heterocycles. The van der Waals surface area contributed by atoms with Gasteiger partial charge in [-0.15, -0.1) is 0 Å². The zero-order chi connectivity index (χ0) is 26.0. The number of allylic oxidation sites excluding steroid dienone is 2. The van der Waals surface area contributed by atoms with E-state index in [-0.39, 0.29) is 48.0 Å². The van der Waals surface area contributed by atoms with Crippen LogP contribution in [0.5, 0.6) is 0 Å². The number of para-hydroxylation sites is 1. The number of anilines is 2. The van der Waals surface area contributed by atoms with Crippen molar-refractivity contribution in [3.8, 4) is 0 Å². The molecule has 2 aliphatic rings. The number of halogens is 3. The van der Waals surface area contributed by atoms with Crippen LogP contribution >= 0.6 is 0 Å². The molecule has 2 aromatic carbocycles. The predicted octanol–water partition coefficient (Wildman–Crippen LogP) is 4.23. The molecule has 0 spiro atoms. The van der Waals surface area contributed by atoms with Gasteiger partial charge in [0, 0.05) is 24.7 Å². The van der Waals surface area contributed by atoms with Crippen LogP contribution < -0.4 is 10.6 Å². The highest BCUT2D eigenvalue weighted by Crippen LogP contribution is 2.36. The number of alkyl halides is 3. The Labute approximate surface area is 203 Å². The van der Waals surface area contributed by atoms with E-state index in [0.717, 1.165) is 23.1 Å². The number of hydrogen-bond acceptors (Lipinski definition) is 6. The highest BCUT2D eigenvalue weighted by molar-refractivity contribution is 6.06. The van der Waals surface area contributed by atoms with Crippen molar-refractivity contribution < 1.29 is 32.5 Å². The third kappa shape index (κ3) is 4.92. The molecule has 1 saturated heterocycles. The minimum atomic E-state index is -4.70. The number of benzene rings is 2. The molecule has 188 valence electrons. The molecule has 3 amide bonds. The quantitative estimate of drug-likeness (QED) is 0.253. The summed E-state index contributed by atoms with van der Waals surface area (Å²) in [5, 5.41) is 16.5. The second-order valence-corrected chi connectivity index (χ2v) is 8.40. The van der Waals surface area contributed by atoms with E-state index in [0.29, 0.717) is 12.8 Å². The maximum atomic E-state index is 13.2. The lowest BCUT2D eigenvalue weighted by molar-refractivity contribution is -0.384. The van der Waals surface area contributed by atoms with Gasteiger partial charge in [-0.3, -0.25) is 29.4 Å². The number of imide groups is 1. The molecule has 12 heteroatoms. The SMILES string of the molecule is O=C(Nc1ccccc1C(F)(F)F)c1ccc(NCCN2C(=O)[C@H]3CC=CC[C@H]3C2=O)c([N+](=O)[O-])c1. The van der Waals surface area contributed by atoms with Gasteiger partial charge in [-0.1, -0.05) is 24.3 Å². The number of rotatable bonds is 7. The number of carbonyl (C=O) groups is 3. The summed E-state index contributed by atoms with van der Waals surface area (Å²) >= 11 is 0. The fraction of sp³-hybridized carbons (Fsp3) is 0.292. The molecule has 1 fully saturated rings. The summed E-state index contributed by atoms with van der Waals surface area (Å²) in [5.74, 6) is -2.24. The van der Waals surface area contributed by atoms with Crippen LogP contribution in [0.4, 0.5) is 30.2 Å². The van der Waals surface area contributed by atoms with Crippen LogP contribution in [-0.2, 0) is 15.8 Å². The van der Waals surface area contributed by atoms with Crippen molar-refractivity contribution in [3.63, 3.8) is 0 Å². The van der Waals surface area contributed by atoms with Gasteiger partial charge < -0.3 is 10.6 Å². The topological polar surface area (TPSA) is 122 Å². The van der Waals surface area contributed by atoms with Gasteiger partial charge in [0.2, 0.25) is 11.8 Å². The van der Waals surface area contributed by atoms with Gasteiger partial charge >= 0.3 is 6.18 Å². The van der Waals surface area contributed by atoms with E-state index in [9.17, 15) is 37.7 Å². The van der Waals surface area contributed by atoms with Gasteiger partial charge in [0.05, 0.1) is 28.0 Å². The van der Waals surface area contributed by atoms with Gasteiger partial charge in [-0.05, 0) is 37.1 Å². The molecule has 9 nitrogen and oxygen atoms in total. The fourth-order valence-corrected chi connectivity index (χ4v) is 4.40. The van der Waals surface area contributed by atoms with Crippen LogP contribution in [0.3, 0.4) is 0 Å². The van der Waals surface area contributed by atoms with Crippen molar-refractivity contribution in [2.45, 2.75) is 19.0 Å². The maximum Gasteiger partial charge on any atom is 0.418 e. The number of fused-ring (bicyclic) bond motifs is 1. The zero-order valence-electron chi connectivity index (χ0n) is 18.7. The monoisotopic (exact) mass is 502 g/mol. The minimum Gasteiger partial charge on any atom is -0.378 e. The molecular formula is C24H21F3N4O5. The maximum absolute atomic E-state index is 13.2. The summed E-state index contributed by atoms with van der Waals surface area (Å²) in [6.07, 6.45) is 0.0486. The lowest BCUT2D eigenvalue weighted by Gasteiger charge is -2.16. The van der Waals surface area contributed by atoms with Crippen LogP contribution in [0, 0.1) is 22.0 Å². The van der Waals surface area contributed by atoms with Crippen molar-refractivity contribution >= 4 is 34.8 Å². The summed E-state index contributed by atoms with van der Waals surface area (Å²) in [6.45, 7) is 0.0496. The van der Waals surface area contributed by atoms with E-state index in [2.05, 4.69) is 10.6 Å². The number of nitro benzene ring substituents is 1. The van der Waals surface area contributed by atoms with E-state index < -0.39 is 33.9 Å². The molecule has 0 aromatic heterocycles. The third-order valence-corrected chi connectivity index (χ3v) is 6.19. The first-order valence-corrected chi connectivity index (χ1v) is 11.1. The molecule has 2 atom stereocenters. The van der Waals surface area contributed by atoms with Gasteiger partial charge in [-0.2, -0.15) is 13.2 Å². The summed E-state index contributed by atoms with van der Waals surface area (Å²) in [7, 11) is 0. The molecule has 2 N–H and O–H groups in total. The standard InChI is InChI=1S/C24H21F3N4O5/c25-24(26,27)17-7-3-4-8-18(17)29-21(32)14-9-10-19(20(13-14)31(35)36)28-11-12-30-22(33)15-5-1-2-6-16(15)23(30)34/h1-4,7-10,13,15-16,28H,5-6,11-12H2,(H,29,32)/t15-,16+. The summed E-state index contributed by atoms with van der Waals surface area (Å²) in [4.78, 5) is 49.6. The van der Waals surface area contributed by atoms with E-state index in [1.807, 2.05) is 12.2 Å². The summed E-state index contributed by atoms with van der Waals surface area (Å²) in [6, 6.07) is 7.82. The molecule has 2 aromatic rings. The Bertz CT molecular complexity index is 1230. The Kier molecular flexibility index (Phi) is 6.77. The van der Waals surface area contributed by atoms with Crippen LogP contribution in [0.25, 0.3) is 0 Å². The highest BCUT2D eigenvalue weighted by atomic mass is 19.4. The Hall–Kier alpha value is -4.22. The van der Waals surface area contributed by atoms with Crippen molar-refractivity contribution in [1.82, 2.24) is 4.90 Å². The molecule has 0 unspecified atom stereocenters. The van der Waals surface area contributed by atoms with Crippen molar-refractivity contribution in [3.05, 3.63) is 75.9 Å². The number of amides is 3. The van der Waals surface area contributed by atoms with Crippen molar-refractivity contribution in [2.24, 2.45) is 11.8 Å². The summed E-state index contributed by atoms with van der Waals surface area (Å²) < 4.78 is 39.6. The van der Waals surface area contributed by atoms with Crippen molar-refractivity contribution in [1.29, 1.82) is 0 Å². The zero-order valence-corrected chi connectivity index (χ0v) is 18.7. The number of carbonyl (C=O) groups excluding carboxylic acids is 3. The predicted molar refractivity (Wildman–Crippen MR) is 123 cm³/mol. The Balaban J connectivity index is 1.45. The van der Waals surface area contributed by atoms with Gasteiger partial charge in [0.1, 0.15) is 5.69 Å². The number of likely N-dealkylation sites (tertiary alicyclic amines) is 1. The first-order chi connectivity index (χ1) is 17.1. The lowest BCUT2D eigenvalue weighted by Crippen LogP contribution is -2.35. The van der Waals surface area contributed by atoms with E-state index in [1.165, 1.54) is 24.3 Å². The molecule has 1 aliphatic carbocycles. The minimum absolute atomic E-state index is 0.0122. The second-order valence-electron chi connectivity index (χ2n) is 8.40. The van der Waals surface area contributed by atoms with Crippen LogP contribution in [0.15, 0.2) is 54.6 Å². The van der Waals surface area contributed by atoms with Gasteiger partial charge in [0.25, 0.3) is 11.6 Å². The summed E-state index contributed by atoms with van der Waals surface area (Å²) in [5.41, 5.74) is -2.19. The Morgan fingerprint density at radius 2 is 1.67 bits per heavy atom. The molecule has 4 rings (SSSR count). The smallest absolute Gasteiger partial charge is 0.378 e. The second kappa shape index (κ2) is 9.80. The van der Waals surface area contributed by atoms with Crippen LogP contribution in [-0.4, -0.2) is 40.6 Å². The normalized spacial score (nSPS) is 19.2. The molecule has 0 bridgehead atoms. The molecule has 1 heterocycles. The number of hydrogen-bond donors (Lipinski definition) is 2. The first kappa shape index (κ1) is 24.9. The lowest BCUT2D eigenvalue weighted by atomic mass is 9.85. The van der Waals surface area contributed by atoms with Gasteiger partial charge in [0.15, 0.2) is 0 Å². The average molecular weight is 502 g/mol. The van der Waals surface area contributed by atoms with Gasteiger partial charge in [-0.25, -0.2) is 0 Å². The first-order valence-electron chi connectivity index (χ1n) is 11.1. The molecule has 0 radical (unpaired) electrons. The van der Waals surface area contributed by atoms with E-state index in [4.69, 9.17) is 0 Å². The Morgan fingerprint density at radius 3 is 2.28 bits per heavy atom. The molecule has 36 heavy (non-hydrogen) atoms. The largest absolute Gasteiger partial charge is 0.418 e. The Morgan fingerprint density at radius 1 is 1.03 bits per heavy atom. The van der Waals surface area contributed by atoms with Crippen molar-refractivity contribution in [2.75, 3.05) is 23.7 Å². The number of nitro groups is 1. The van der Waals surface area contributed by atoms with E-state index >= 15 is 0 Å².